The Hall–Kier alpha value is -3.09. The highest BCUT2D eigenvalue weighted by atomic mass is 19.1. The third-order valence-corrected chi connectivity index (χ3v) is 5.92. The molecule has 0 radical (unpaired) electrons. The summed E-state index contributed by atoms with van der Waals surface area (Å²) in [6.45, 7) is 3.67. The molecule has 3 aromatic heterocycles. The Bertz CT molecular complexity index is 1140. The molecular formula is C24H24FN5. The summed E-state index contributed by atoms with van der Waals surface area (Å²) in [6, 6.07) is 15.3. The molecule has 5 nitrogen and oxygen atoms in total. The number of hydrogen-bond acceptors (Lipinski definition) is 4. The van der Waals surface area contributed by atoms with Crippen molar-refractivity contribution in [3.63, 3.8) is 0 Å². The van der Waals surface area contributed by atoms with Crippen molar-refractivity contribution in [3.05, 3.63) is 90.5 Å². The second-order valence-corrected chi connectivity index (χ2v) is 7.94. The number of rotatable bonds is 4. The highest BCUT2D eigenvalue weighted by Gasteiger charge is 2.28. The monoisotopic (exact) mass is 401 g/mol. The van der Waals surface area contributed by atoms with Crippen molar-refractivity contribution in [2.75, 3.05) is 26.7 Å². The highest BCUT2D eigenvalue weighted by molar-refractivity contribution is 5.66. The van der Waals surface area contributed by atoms with Crippen LogP contribution in [0.5, 0.6) is 0 Å². The number of likely N-dealkylation sites (N-methyl/N-ethyl adjacent to an activating group) is 1. The number of benzene rings is 1. The molecule has 0 saturated carbocycles. The average Bonchev–Trinajstić information content (AvgIpc) is 3.20. The van der Waals surface area contributed by atoms with E-state index in [1.165, 1.54) is 12.1 Å². The van der Waals surface area contributed by atoms with Crippen molar-refractivity contribution in [2.45, 2.75) is 12.6 Å². The second kappa shape index (κ2) is 7.97. The molecule has 4 heterocycles. The van der Waals surface area contributed by atoms with Gasteiger partial charge in [-0.05, 0) is 42.4 Å². The summed E-state index contributed by atoms with van der Waals surface area (Å²) < 4.78 is 15.3. The molecule has 1 atom stereocenters. The SMILES string of the molecule is CN1CCN(Cc2ccc(F)cc2)C[C@@H]1c1ncn2cc(-c3cccnc3)ccc12. The minimum absolute atomic E-state index is 0.190. The van der Waals surface area contributed by atoms with E-state index in [1.807, 2.05) is 30.7 Å². The summed E-state index contributed by atoms with van der Waals surface area (Å²) in [6.07, 6.45) is 7.68. The van der Waals surface area contributed by atoms with Gasteiger partial charge in [0.1, 0.15) is 5.82 Å². The lowest BCUT2D eigenvalue weighted by atomic mass is 10.1. The lowest BCUT2D eigenvalue weighted by molar-refractivity contribution is 0.0892. The zero-order chi connectivity index (χ0) is 20.5. The quantitative estimate of drug-likeness (QED) is 0.518. The molecule has 0 unspecified atom stereocenters. The van der Waals surface area contributed by atoms with Gasteiger partial charge in [-0.1, -0.05) is 24.3 Å². The Labute approximate surface area is 175 Å². The van der Waals surface area contributed by atoms with Crippen LogP contribution in [0.1, 0.15) is 17.3 Å². The fraction of sp³-hybridized carbons (Fsp3) is 0.250. The maximum atomic E-state index is 13.2. The van der Waals surface area contributed by atoms with Gasteiger partial charge in [0.25, 0.3) is 0 Å². The molecule has 5 rings (SSSR count). The number of aromatic nitrogens is 3. The predicted molar refractivity (Wildman–Crippen MR) is 115 cm³/mol. The van der Waals surface area contributed by atoms with Crippen LogP contribution in [0.2, 0.25) is 0 Å². The van der Waals surface area contributed by atoms with Crippen molar-refractivity contribution >= 4 is 5.52 Å². The first-order valence-corrected chi connectivity index (χ1v) is 10.2. The van der Waals surface area contributed by atoms with Crippen molar-refractivity contribution in [1.82, 2.24) is 24.2 Å². The third-order valence-electron chi connectivity index (χ3n) is 5.92. The van der Waals surface area contributed by atoms with Gasteiger partial charge in [0, 0.05) is 50.3 Å². The molecule has 0 N–H and O–H groups in total. The molecule has 0 bridgehead atoms. The van der Waals surface area contributed by atoms with Crippen LogP contribution in [0.4, 0.5) is 4.39 Å². The van der Waals surface area contributed by atoms with Gasteiger partial charge in [0.05, 0.1) is 23.6 Å². The van der Waals surface area contributed by atoms with Gasteiger partial charge in [-0.2, -0.15) is 0 Å². The number of piperazine rings is 1. The Kier molecular flexibility index (Phi) is 5.02. The minimum Gasteiger partial charge on any atom is -0.305 e. The van der Waals surface area contributed by atoms with Gasteiger partial charge < -0.3 is 4.40 Å². The fourth-order valence-electron chi connectivity index (χ4n) is 4.20. The molecule has 0 aliphatic carbocycles. The molecule has 30 heavy (non-hydrogen) atoms. The summed E-state index contributed by atoms with van der Waals surface area (Å²) in [5.74, 6) is -0.190. The lowest BCUT2D eigenvalue weighted by Gasteiger charge is -2.39. The lowest BCUT2D eigenvalue weighted by Crippen LogP contribution is -2.46. The maximum Gasteiger partial charge on any atom is 0.123 e. The number of hydrogen-bond donors (Lipinski definition) is 0. The van der Waals surface area contributed by atoms with E-state index >= 15 is 0 Å². The van der Waals surface area contributed by atoms with Crippen molar-refractivity contribution in [2.24, 2.45) is 0 Å². The molecular weight excluding hydrogens is 377 g/mol. The van der Waals surface area contributed by atoms with E-state index in [2.05, 4.69) is 50.6 Å². The van der Waals surface area contributed by atoms with Gasteiger partial charge in [0.15, 0.2) is 0 Å². The zero-order valence-corrected chi connectivity index (χ0v) is 16.9. The van der Waals surface area contributed by atoms with E-state index in [0.29, 0.717) is 0 Å². The predicted octanol–water partition coefficient (Wildman–Crippen LogP) is 4.02. The van der Waals surface area contributed by atoms with Crippen molar-refractivity contribution in [3.8, 4) is 11.1 Å². The first-order valence-electron chi connectivity index (χ1n) is 10.2. The van der Waals surface area contributed by atoms with E-state index in [4.69, 9.17) is 4.98 Å². The molecule has 0 amide bonds. The minimum atomic E-state index is -0.190. The number of nitrogens with zero attached hydrogens (tertiary/aromatic N) is 5. The summed E-state index contributed by atoms with van der Waals surface area (Å²) in [5.41, 5.74) is 5.57. The van der Waals surface area contributed by atoms with E-state index in [-0.39, 0.29) is 11.9 Å². The van der Waals surface area contributed by atoms with Crippen LogP contribution in [0.25, 0.3) is 16.6 Å². The summed E-state index contributed by atoms with van der Waals surface area (Å²) in [7, 11) is 2.16. The first-order chi connectivity index (χ1) is 14.7. The molecule has 1 saturated heterocycles. The third kappa shape index (κ3) is 3.72. The molecule has 1 fully saturated rings. The highest BCUT2D eigenvalue weighted by Crippen LogP contribution is 2.29. The second-order valence-electron chi connectivity index (χ2n) is 7.94. The fourth-order valence-corrected chi connectivity index (χ4v) is 4.20. The van der Waals surface area contributed by atoms with Crippen LogP contribution < -0.4 is 0 Å². The molecule has 1 aliphatic heterocycles. The van der Waals surface area contributed by atoms with Crippen LogP contribution in [0, 0.1) is 5.82 Å². The van der Waals surface area contributed by atoms with E-state index < -0.39 is 0 Å². The molecule has 4 aromatic rings. The molecule has 0 spiro atoms. The van der Waals surface area contributed by atoms with E-state index in [0.717, 1.165) is 54.1 Å². The Morgan fingerprint density at radius 3 is 2.70 bits per heavy atom. The van der Waals surface area contributed by atoms with Crippen LogP contribution in [0.15, 0.2) is 73.4 Å². The van der Waals surface area contributed by atoms with Crippen LogP contribution in [-0.4, -0.2) is 50.9 Å². The molecule has 1 aromatic carbocycles. The Morgan fingerprint density at radius 2 is 1.90 bits per heavy atom. The standard InChI is InChI=1S/C24H24FN5/c1-28-11-12-29(14-18-4-7-21(25)8-5-18)16-23(28)24-22-9-6-20(15-30(22)17-27-24)19-3-2-10-26-13-19/h2-10,13,15,17,23H,11-12,14,16H2,1H3/t23-/m1/s1. The largest absolute Gasteiger partial charge is 0.305 e. The molecule has 152 valence electrons. The first kappa shape index (κ1) is 18.9. The van der Waals surface area contributed by atoms with E-state index in [1.54, 1.807) is 6.20 Å². The molecule has 1 aliphatic rings. The van der Waals surface area contributed by atoms with Gasteiger partial charge in [-0.15, -0.1) is 0 Å². The number of pyridine rings is 2. The van der Waals surface area contributed by atoms with Crippen LogP contribution >= 0.6 is 0 Å². The van der Waals surface area contributed by atoms with Crippen molar-refractivity contribution in [1.29, 1.82) is 0 Å². The van der Waals surface area contributed by atoms with Crippen molar-refractivity contribution < 1.29 is 4.39 Å². The Balaban J connectivity index is 1.39. The number of imidazole rings is 1. The van der Waals surface area contributed by atoms with Gasteiger partial charge in [0.2, 0.25) is 0 Å². The van der Waals surface area contributed by atoms with Crippen LogP contribution in [-0.2, 0) is 6.54 Å². The Morgan fingerprint density at radius 1 is 1.03 bits per heavy atom. The average molecular weight is 401 g/mol. The summed E-state index contributed by atoms with van der Waals surface area (Å²) >= 11 is 0. The topological polar surface area (TPSA) is 36.7 Å². The zero-order valence-electron chi connectivity index (χ0n) is 16.9. The number of fused-ring (bicyclic) bond motifs is 1. The molecule has 6 heteroatoms. The summed E-state index contributed by atoms with van der Waals surface area (Å²) in [4.78, 5) is 13.8. The van der Waals surface area contributed by atoms with Crippen LogP contribution in [0.3, 0.4) is 0 Å². The number of halogens is 1. The normalized spacial score (nSPS) is 18.1. The van der Waals surface area contributed by atoms with E-state index in [9.17, 15) is 4.39 Å². The van der Waals surface area contributed by atoms with Gasteiger partial charge in [-0.25, -0.2) is 9.37 Å². The maximum absolute atomic E-state index is 13.2. The van der Waals surface area contributed by atoms with Gasteiger partial charge >= 0.3 is 0 Å². The summed E-state index contributed by atoms with van der Waals surface area (Å²) in [5, 5.41) is 0. The van der Waals surface area contributed by atoms with Gasteiger partial charge in [-0.3, -0.25) is 14.8 Å². The smallest absolute Gasteiger partial charge is 0.123 e.